The van der Waals surface area contributed by atoms with Gasteiger partial charge in [0.25, 0.3) is 5.91 Å². The summed E-state index contributed by atoms with van der Waals surface area (Å²) < 4.78 is 22.1. The molecule has 2 N–H and O–H groups in total. The fourth-order valence-corrected chi connectivity index (χ4v) is 3.49. The first-order valence-electron chi connectivity index (χ1n) is 9.35. The summed E-state index contributed by atoms with van der Waals surface area (Å²) in [6, 6.07) is 15.6. The smallest absolute Gasteiger partial charge is 0.412 e. The van der Waals surface area contributed by atoms with E-state index in [1.807, 2.05) is 18.2 Å². The van der Waals surface area contributed by atoms with E-state index in [1.165, 1.54) is 0 Å². The molecule has 0 bridgehead atoms. The number of rotatable bonds is 5. The Kier molecular flexibility index (Phi) is 5.64. The van der Waals surface area contributed by atoms with Crippen molar-refractivity contribution in [2.45, 2.75) is 24.4 Å². The van der Waals surface area contributed by atoms with Gasteiger partial charge in [0.1, 0.15) is 18.0 Å². The summed E-state index contributed by atoms with van der Waals surface area (Å²) in [5.74, 6) is 0.454. The number of methoxy groups -OCH3 is 1. The van der Waals surface area contributed by atoms with E-state index in [1.54, 1.807) is 43.5 Å². The minimum absolute atomic E-state index is 0.215. The van der Waals surface area contributed by atoms with Gasteiger partial charge in [0.15, 0.2) is 6.10 Å². The summed E-state index contributed by atoms with van der Waals surface area (Å²) in [6.45, 7) is 0.504. The van der Waals surface area contributed by atoms with Crippen LogP contribution >= 0.6 is 0 Å². The number of para-hydroxylation sites is 1. The number of nitrogens with one attached hydrogen (secondary N) is 2. The van der Waals surface area contributed by atoms with Crippen LogP contribution in [0.3, 0.4) is 0 Å². The fraction of sp³-hybridized carbons (Fsp3) is 0.333. The molecule has 2 aromatic rings. The van der Waals surface area contributed by atoms with Gasteiger partial charge in [-0.3, -0.25) is 10.1 Å². The van der Waals surface area contributed by atoms with Crippen LogP contribution in [-0.2, 0) is 14.2 Å². The van der Waals surface area contributed by atoms with Crippen LogP contribution in [0.4, 0.5) is 10.5 Å². The van der Waals surface area contributed by atoms with Crippen LogP contribution in [0.15, 0.2) is 54.6 Å². The zero-order chi connectivity index (χ0) is 20.2. The molecule has 2 saturated heterocycles. The number of anilines is 1. The van der Waals surface area contributed by atoms with Crippen molar-refractivity contribution < 1.29 is 28.5 Å². The SMILES string of the molecule is COc1ccc(C(=O)N[C@@H]2CO[C@@H]3[C@@H]2OC[C@H]3OC(=O)Nc2ccccc2)cc1. The molecule has 0 saturated carbocycles. The second-order valence-electron chi connectivity index (χ2n) is 6.84. The van der Waals surface area contributed by atoms with Crippen molar-refractivity contribution >= 4 is 17.7 Å². The third-order valence-electron chi connectivity index (χ3n) is 4.96. The average molecular weight is 398 g/mol. The second kappa shape index (κ2) is 8.50. The summed E-state index contributed by atoms with van der Waals surface area (Å²) in [5, 5.41) is 5.60. The highest BCUT2D eigenvalue weighted by atomic mass is 16.6. The van der Waals surface area contributed by atoms with Crippen molar-refractivity contribution in [3.8, 4) is 5.75 Å². The molecule has 2 aliphatic heterocycles. The van der Waals surface area contributed by atoms with Gasteiger partial charge in [0.2, 0.25) is 0 Å². The van der Waals surface area contributed by atoms with E-state index in [0.717, 1.165) is 0 Å². The number of carbonyl (C=O) groups excluding carboxylic acids is 2. The Labute approximate surface area is 168 Å². The molecule has 2 amide bonds. The van der Waals surface area contributed by atoms with Crippen LogP contribution in [0.5, 0.6) is 5.75 Å². The van der Waals surface area contributed by atoms with Gasteiger partial charge in [-0.1, -0.05) is 18.2 Å². The number of fused-ring (bicyclic) bond motifs is 1. The Bertz CT molecular complexity index is 857. The molecule has 8 heteroatoms. The van der Waals surface area contributed by atoms with E-state index in [9.17, 15) is 9.59 Å². The van der Waals surface area contributed by atoms with Gasteiger partial charge in [-0.15, -0.1) is 0 Å². The molecular formula is C21H22N2O6. The van der Waals surface area contributed by atoms with Crippen LogP contribution in [0.25, 0.3) is 0 Å². The molecule has 2 aromatic carbocycles. The number of carbonyl (C=O) groups is 2. The fourth-order valence-electron chi connectivity index (χ4n) is 3.49. The zero-order valence-electron chi connectivity index (χ0n) is 15.9. The lowest BCUT2D eigenvalue weighted by molar-refractivity contribution is 0.00862. The minimum Gasteiger partial charge on any atom is -0.497 e. The highest BCUT2D eigenvalue weighted by molar-refractivity contribution is 5.94. The Balaban J connectivity index is 1.31. The van der Waals surface area contributed by atoms with Crippen molar-refractivity contribution in [1.82, 2.24) is 5.32 Å². The molecule has 0 aromatic heterocycles. The topological polar surface area (TPSA) is 95.1 Å². The predicted octanol–water partition coefficient (Wildman–Crippen LogP) is 2.21. The Morgan fingerprint density at radius 1 is 0.966 bits per heavy atom. The average Bonchev–Trinajstić information content (AvgIpc) is 3.32. The Morgan fingerprint density at radius 3 is 2.41 bits per heavy atom. The summed E-state index contributed by atoms with van der Waals surface area (Å²) in [6.07, 6.45) is -1.89. The van der Waals surface area contributed by atoms with Gasteiger partial charge in [-0.25, -0.2) is 4.79 Å². The highest BCUT2D eigenvalue weighted by Crippen LogP contribution is 2.29. The van der Waals surface area contributed by atoms with Crippen LogP contribution in [-0.4, -0.2) is 56.7 Å². The number of hydrogen-bond donors (Lipinski definition) is 2. The Morgan fingerprint density at radius 2 is 1.69 bits per heavy atom. The van der Waals surface area contributed by atoms with Gasteiger partial charge in [0, 0.05) is 11.3 Å². The molecule has 29 heavy (non-hydrogen) atoms. The molecule has 4 rings (SSSR count). The summed E-state index contributed by atoms with van der Waals surface area (Å²) in [7, 11) is 1.57. The van der Waals surface area contributed by atoms with Crippen LogP contribution in [0.2, 0.25) is 0 Å². The van der Waals surface area contributed by atoms with Gasteiger partial charge >= 0.3 is 6.09 Å². The maximum atomic E-state index is 12.5. The van der Waals surface area contributed by atoms with Gasteiger partial charge < -0.3 is 24.3 Å². The number of amides is 2. The van der Waals surface area contributed by atoms with Crippen molar-refractivity contribution in [3.63, 3.8) is 0 Å². The normalized spacial score (nSPS) is 25.1. The van der Waals surface area contributed by atoms with Gasteiger partial charge in [-0.05, 0) is 36.4 Å². The van der Waals surface area contributed by atoms with E-state index in [2.05, 4.69) is 10.6 Å². The first kappa shape index (κ1) is 19.2. The third-order valence-corrected chi connectivity index (χ3v) is 4.96. The standard InChI is InChI=1S/C21H22N2O6/c1-26-15-9-7-13(8-10-15)20(24)23-16-11-27-19-17(12-28-18(16)19)29-21(25)22-14-5-3-2-4-6-14/h2-10,16-19H,11-12H2,1H3,(H,22,25)(H,23,24)/t16-,17-,18-,19+/m1/s1. The van der Waals surface area contributed by atoms with Crippen molar-refractivity contribution in [2.24, 2.45) is 0 Å². The molecule has 2 heterocycles. The zero-order valence-corrected chi connectivity index (χ0v) is 15.9. The number of ether oxygens (including phenoxy) is 4. The third kappa shape index (κ3) is 4.33. The second-order valence-corrected chi connectivity index (χ2v) is 6.84. The minimum atomic E-state index is -0.570. The molecule has 0 spiro atoms. The van der Waals surface area contributed by atoms with Crippen LogP contribution in [0.1, 0.15) is 10.4 Å². The lowest BCUT2D eigenvalue weighted by Crippen LogP contribution is -2.44. The van der Waals surface area contributed by atoms with Crippen LogP contribution in [0, 0.1) is 0 Å². The molecule has 2 aliphatic rings. The molecule has 2 fully saturated rings. The molecule has 4 atom stereocenters. The monoisotopic (exact) mass is 398 g/mol. The summed E-state index contributed by atoms with van der Waals surface area (Å²) in [4.78, 5) is 24.6. The van der Waals surface area contributed by atoms with Crippen LogP contribution < -0.4 is 15.4 Å². The van der Waals surface area contributed by atoms with E-state index >= 15 is 0 Å². The molecule has 0 unspecified atom stereocenters. The van der Waals surface area contributed by atoms with Gasteiger partial charge in [0.05, 0.1) is 26.4 Å². The van der Waals surface area contributed by atoms with E-state index in [0.29, 0.717) is 17.0 Å². The summed E-state index contributed by atoms with van der Waals surface area (Å²) >= 11 is 0. The first-order valence-corrected chi connectivity index (χ1v) is 9.35. The number of benzene rings is 2. The quantitative estimate of drug-likeness (QED) is 0.802. The molecule has 0 radical (unpaired) electrons. The highest BCUT2D eigenvalue weighted by Gasteiger charge is 2.50. The summed E-state index contributed by atoms with van der Waals surface area (Å²) in [5.41, 5.74) is 1.16. The molecule has 8 nitrogen and oxygen atoms in total. The number of hydrogen-bond acceptors (Lipinski definition) is 6. The molecule has 0 aliphatic carbocycles. The van der Waals surface area contributed by atoms with E-state index in [-0.39, 0.29) is 31.3 Å². The van der Waals surface area contributed by atoms with Crippen molar-refractivity contribution in [3.05, 3.63) is 60.2 Å². The lowest BCUT2D eigenvalue weighted by atomic mass is 10.1. The van der Waals surface area contributed by atoms with Crippen molar-refractivity contribution in [2.75, 3.05) is 25.6 Å². The van der Waals surface area contributed by atoms with Gasteiger partial charge in [-0.2, -0.15) is 0 Å². The Hall–Kier alpha value is -3.10. The molecular weight excluding hydrogens is 376 g/mol. The first-order chi connectivity index (χ1) is 14.1. The van der Waals surface area contributed by atoms with E-state index < -0.39 is 18.3 Å². The van der Waals surface area contributed by atoms with Crippen molar-refractivity contribution in [1.29, 1.82) is 0 Å². The maximum Gasteiger partial charge on any atom is 0.412 e. The maximum absolute atomic E-state index is 12.5. The predicted molar refractivity (Wildman–Crippen MR) is 104 cm³/mol. The molecule has 152 valence electrons. The lowest BCUT2D eigenvalue weighted by Gasteiger charge is -2.18. The van der Waals surface area contributed by atoms with E-state index in [4.69, 9.17) is 18.9 Å². The largest absolute Gasteiger partial charge is 0.497 e.